The van der Waals surface area contributed by atoms with Gasteiger partial charge in [-0.1, -0.05) is 36.4 Å². The van der Waals surface area contributed by atoms with Crippen molar-refractivity contribution in [2.24, 2.45) is 0 Å². The lowest BCUT2D eigenvalue weighted by Crippen LogP contribution is -2.36. The molecule has 2 N–H and O–H groups in total. The van der Waals surface area contributed by atoms with Crippen molar-refractivity contribution >= 4 is 12.2 Å². The summed E-state index contributed by atoms with van der Waals surface area (Å²) in [6, 6.07) is 13.3. The smallest absolute Gasteiger partial charge is 0.120 e. The molecule has 0 unspecified atom stereocenters. The monoisotopic (exact) mass is 438 g/mol. The van der Waals surface area contributed by atoms with Gasteiger partial charge in [-0.3, -0.25) is 9.80 Å². The highest BCUT2D eigenvalue weighted by atomic mass is 16.3. The van der Waals surface area contributed by atoms with E-state index in [9.17, 15) is 10.2 Å². The molecule has 0 heterocycles. The van der Waals surface area contributed by atoms with E-state index in [-0.39, 0.29) is 0 Å². The molecule has 32 heavy (non-hydrogen) atoms. The quantitative estimate of drug-likeness (QED) is 0.415. The fourth-order valence-corrected chi connectivity index (χ4v) is 4.15. The molecule has 0 amide bonds. The molecule has 0 spiro atoms. The first-order valence-corrected chi connectivity index (χ1v) is 11.8. The topological polar surface area (TPSA) is 46.9 Å². The van der Waals surface area contributed by atoms with E-state index in [1.165, 1.54) is 0 Å². The summed E-state index contributed by atoms with van der Waals surface area (Å²) >= 11 is 0. The molecule has 176 valence electrons. The van der Waals surface area contributed by atoms with Crippen LogP contribution in [0.25, 0.3) is 12.2 Å². The summed E-state index contributed by atoms with van der Waals surface area (Å²) in [4.78, 5) is 4.71. The predicted octanol–water partition coefficient (Wildman–Crippen LogP) is 6.51. The maximum Gasteiger partial charge on any atom is 0.120 e. The van der Waals surface area contributed by atoms with Crippen LogP contribution in [0.4, 0.5) is 0 Å². The van der Waals surface area contributed by atoms with Crippen molar-refractivity contribution in [3.8, 4) is 11.5 Å². The first-order valence-electron chi connectivity index (χ1n) is 11.8. The van der Waals surface area contributed by atoms with E-state index >= 15 is 0 Å². The van der Waals surface area contributed by atoms with Crippen LogP contribution in [-0.2, 0) is 13.1 Å². The highest BCUT2D eigenvalue weighted by molar-refractivity contribution is 5.71. The van der Waals surface area contributed by atoms with E-state index in [2.05, 4.69) is 65.2 Å². The summed E-state index contributed by atoms with van der Waals surface area (Å²) < 4.78 is 0. The highest BCUT2D eigenvalue weighted by Gasteiger charge is 2.16. The Morgan fingerprint density at radius 2 is 0.906 bits per heavy atom. The predicted molar refractivity (Wildman–Crippen MR) is 137 cm³/mol. The van der Waals surface area contributed by atoms with Gasteiger partial charge in [-0.05, 0) is 78.6 Å². The van der Waals surface area contributed by atoms with E-state index in [0.29, 0.717) is 35.7 Å². The minimum absolute atomic E-state index is 0.319. The third-order valence-electron chi connectivity index (χ3n) is 6.05. The molecule has 4 heteroatoms. The number of phenolic OH excluding ortho intramolecular Hbond substituents is 2. The molecule has 0 aromatic heterocycles. The van der Waals surface area contributed by atoms with Crippen molar-refractivity contribution in [1.29, 1.82) is 0 Å². The molecule has 0 fully saturated rings. The van der Waals surface area contributed by atoms with Crippen LogP contribution in [0, 0.1) is 0 Å². The standard InChI is InChI=1S/C28H42N2O2/c1-19(2)29(20(3)4)17-25-13-11-23(15-27(25)31)9-10-24-12-14-26(28(32)16-24)18-30(21(5)6)22(7)8/h9-16,19-22,31-32H,17-18H2,1-8H3. The van der Waals surface area contributed by atoms with Gasteiger partial charge in [0, 0.05) is 48.4 Å². The van der Waals surface area contributed by atoms with Gasteiger partial charge >= 0.3 is 0 Å². The molecule has 0 atom stereocenters. The van der Waals surface area contributed by atoms with Crippen LogP contribution in [0.3, 0.4) is 0 Å². The van der Waals surface area contributed by atoms with Crippen LogP contribution in [-0.4, -0.2) is 44.2 Å². The van der Waals surface area contributed by atoms with Crippen LogP contribution in [0.15, 0.2) is 36.4 Å². The van der Waals surface area contributed by atoms with Crippen molar-refractivity contribution in [1.82, 2.24) is 9.80 Å². The zero-order valence-electron chi connectivity index (χ0n) is 21.1. The fourth-order valence-electron chi connectivity index (χ4n) is 4.15. The van der Waals surface area contributed by atoms with Gasteiger partial charge < -0.3 is 10.2 Å². The maximum atomic E-state index is 10.5. The minimum atomic E-state index is 0.319. The maximum absolute atomic E-state index is 10.5. The Labute approximate surface area is 195 Å². The Balaban J connectivity index is 2.13. The van der Waals surface area contributed by atoms with Crippen LogP contribution >= 0.6 is 0 Å². The summed E-state index contributed by atoms with van der Waals surface area (Å²) in [5.74, 6) is 0.637. The molecule has 0 aliphatic carbocycles. The van der Waals surface area contributed by atoms with Crippen LogP contribution in [0.2, 0.25) is 0 Å². The molecule has 2 aromatic carbocycles. The Hall–Kier alpha value is -2.30. The lowest BCUT2D eigenvalue weighted by molar-refractivity contribution is 0.164. The number of benzene rings is 2. The summed E-state index contributed by atoms with van der Waals surface area (Å²) in [6.45, 7) is 18.9. The molecule has 4 nitrogen and oxygen atoms in total. The third-order valence-corrected chi connectivity index (χ3v) is 6.05. The summed E-state index contributed by atoms with van der Waals surface area (Å²) in [5.41, 5.74) is 3.74. The second-order valence-corrected chi connectivity index (χ2v) is 9.83. The van der Waals surface area contributed by atoms with Crippen molar-refractivity contribution in [2.75, 3.05) is 0 Å². The third kappa shape index (κ3) is 7.11. The second-order valence-electron chi connectivity index (χ2n) is 9.83. The lowest BCUT2D eigenvalue weighted by Gasteiger charge is -2.30. The van der Waals surface area contributed by atoms with Gasteiger partial charge in [-0.15, -0.1) is 0 Å². The molecule has 0 saturated carbocycles. The van der Waals surface area contributed by atoms with E-state index in [1.54, 1.807) is 0 Å². The second kappa shape index (κ2) is 11.5. The van der Waals surface area contributed by atoms with Crippen LogP contribution < -0.4 is 0 Å². The van der Waals surface area contributed by atoms with Crippen molar-refractivity contribution in [3.05, 3.63) is 58.7 Å². The van der Waals surface area contributed by atoms with Gasteiger partial charge in [0.05, 0.1) is 0 Å². The Kier molecular flexibility index (Phi) is 9.35. The average molecular weight is 439 g/mol. The van der Waals surface area contributed by atoms with Crippen molar-refractivity contribution in [2.45, 2.75) is 92.6 Å². The number of phenols is 2. The molecule has 2 aromatic rings. The number of hydrogen-bond acceptors (Lipinski definition) is 4. The van der Waals surface area contributed by atoms with Gasteiger partial charge in [0.25, 0.3) is 0 Å². The van der Waals surface area contributed by atoms with Gasteiger partial charge in [0.1, 0.15) is 11.5 Å². The summed E-state index contributed by atoms with van der Waals surface area (Å²) in [7, 11) is 0. The molecule has 0 aliphatic heterocycles. The minimum Gasteiger partial charge on any atom is -0.508 e. The Bertz CT molecular complexity index is 811. The molecular formula is C28H42N2O2. The summed E-state index contributed by atoms with van der Waals surface area (Å²) in [5, 5.41) is 21.1. The lowest BCUT2D eigenvalue weighted by atomic mass is 10.0. The first-order chi connectivity index (χ1) is 15.0. The molecule has 2 rings (SSSR count). The fraction of sp³-hybridized carbons (Fsp3) is 0.500. The van der Waals surface area contributed by atoms with E-state index in [4.69, 9.17) is 0 Å². The number of rotatable bonds is 10. The van der Waals surface area contributed by atoms with Crippen LogP contribution in [0.1, 0.15) is 77.6 Å². The van der Waals surface area contributed by atoms with Gasteiger partial charge in [-0.25, -0.2) is 0 Å². The molecule has 0 aliphatic rings. The Morgan fingerprint density at radius 1 is 0.594 bits per heavy atom. The molecule has 0 radical (unpaired) electrons. The van der Waals surface area contributed by atoms with Gasteiger partial charge in [0.15, 0.2) is 0 Å². The average Bonchev–Trinajstić information content (AvgIpc) is 2.69. The zero-order valence-corrected chi connectivity index (χ0v) is 21.1. The number of hydrogen-bond donors (Lipinski definition) is 2. The van der Waals surface area contributed by atoms with Crippen LogP contribution in [0.5, 0.6) is 11.5 Å². The van der Waals surface area contributed by atoms with E-state index < -0.39 is 0 Å². The number of nitrogens with zero attached hydrogens (tertiary/aromatic N) is 2. The molecular weight excluding hydrogens is 396 g/mol. The SMILES string of the molecule is CC(C)N(Cc1ccc(C=Cc2ccc(CN(C(C)C)C(C)C)c(O)c2)cc1O)C(C)C. The molecule has 0 bridgehead atoms. The van der Waals surface area contributed by atoms with Gasteiger partial charge in [-0.2, -0.15) is 0 Å². The van der Waals surface area contributed by atoms with Crippen molar-refractivity contribution < 1.29 is 10.2 Å². The normalized spacial score (nSPS) is 12.6. The van der Waals surface area contributed by atoms with E-state index in [0.717, 1.165) is 35.3 Å². The summed E-state index contributed by atoms with van der Waals surface area (Å²) in [6.07, 6.45) is 3.93. The Morgan fingerprint density at radius 3 is 1.16 bits per heavy atom. The van der Waals surface area contributed by atoms with Gasteiger partial charge in [0.2, 0.25) is 0 Å². The zero-order chi connectivity index (χ0) is 24.0. The number of aromatic hydroxyl groups is 2. The first kappa shape index (κ1) is 26.0. The highest BCUT2D eigenvalue weighted by Crippen LogP contribution is 2.26. The molecule has 0 saturated heterocycles. The van der Waals surface area contributed by atoms with Crippen molar-refractivity contribution in [3.63, 3.8) is 0 Å². The largest absolute Gasteiger partial charge is 0.508 e. The van der Waals surface area contributed by atoms with E-state index in [1.807, 2.05) is 48.6 Å².